The second-order valence-corrected chi connectivity index (χ2v) is 5.19. The maximum absolute atomic E-state index is 10.8. The highest BCUT2D eigenvalue weighted by atomic mass is 16.6. The number of nitro groups is 1. The fourth-order valence-electron chi connectivity index (χ4n) is 2.23. The highest BCUT2D eigenvalue weighted by Crippen LogP contribution is 2.11. The van der Waals surface area contributed by atoms with Crippen LogP contribution in [0.1, 0.15) is 11.3 Å². The van der Waals surface area contributed by atoms with E-state index in [1.54, 1.807) is 30.3 Å². The third kappa shape index (κ3) is 3.24. The number of nitrogens with one attached hydrogen (secondary N) is 1. The van der Waals surface area contributed by atoms with Crippen LogP contribution >= 0.6 is 0 Å². The first kappa shape index (κ1) is 16.8. The SMILES string of the molecule is N=c1c(C(N)=N/N=C\c2cccc([N+](=O)[O-])c2)nc2ccccc2n1O. The molecule has 1 aromatic heterocycles. The summed E-state index contributed by atoms with van der Waals surface area (Å²) >= 11 is 0. The lowest BCUT2D eigenvalue weighted by Gasteiger charge is -2.06. The Morgan fingerprint density at radius 2 is 2.08 bits per heavy atom. The van der Waals surface area contributed by atoms with Crippen molar-refractivity contribution in [3.8, 4) is 0 Å². The summed E-state index contributed by atoms with van der Waals surface area (Å²) in [6, 6.07) is 12.5. The van der Waals surface area contributed by atoms with Gasteiger partial charge in [0.25, 0.3) is 5.69 Å². The zero-order valence-electron chi connectivity index (χ0n) is 13.3. The van der Waals surface area contributed by atoms with Crippen LogP contribution in [0.2, 0.25) is 0 Å². The van der Waals surface area contributed by atoms with Gasteiger partial charge in [0.15, 0.2) is 17.0 Å². The fraction of sp³-hybridized carbons (Fsp3) is 0. The molecule has 0 aliphatic carbocycles. The monoisotopic (exact) mass is 351 g/mol. The highest BCUT2D eigenvalue weighted by Gasteiger charge is 2.10. The molecule has 0 unspecified atom stereocenters. The van der Waals surface area contributed by atoms with Crippen LogP contribution in [0.5, 0.6) is 0 Å². The second-order valence-electron chi connectivity index (χ2n) is 5.19. The molecule has 0 atom stereocenters. The van der Waals surface area contributed by atoms with Crippen molar-refractivity contribution < 1.29 is 10.1 Å². The molecule has 0 aliphatic rings. The predicted molar refractivity (Wildman–Crippen MR) is 94.2 cm³/mol. The molecule has 0 spiro atoms. The van der Waals surface area contributed by atoms with Crippen LogP contribution in [-0.4, -0.2) is 31.9 Å². The molecule has 10 nitrogen and oxygen atoms in total. The summed E-state index contributed by atoms with van der Waals surface area (Å²) in [4.78, 5) is 14.5. The largest absolute Gasteiger partial charge is 0.426 e. The summed E-state index contributed by atoms with van der Waals surface area (Å²) in [5.74, 6) is -0.176. The minimum absolute atomic E-state index is 0.0395. The Kier molecular flexibility index (Phi) is 4.39. The lowest BCUT2D eigenvalue weighted by atomic mass is 10.2. The quantitative estimate of drug-likeness (QED) is 0.213. The van der Waals surface area contributed by atoms with Crippen LogP contribution in [0.3, 0.4) is 0 Å². The molecule has 0 bridgehead atoms. The third-order valence-electron chi connectivity index (χ3n) is 3.47. The average Bonchev–Trinajstić information content (AvgIpc) is 2.64. The van der Waals surface area contributed by atoms with Gasteiger partial charge in [0.05, 0.1) is 16.7 Å². The molecular weight excluding hydrogens is 338 g/mol. The summed E-state index contributed by atoms with van der Waals surface area (Å²) in [6.45, 7) is 0. The van der Waals surface area contributed by atoms with E-state index in [-0.39, 0.29) is 22.7 Å². The van der Waals surface area contributed by atoms with Gasteiger partial charge in [-0.05, 0) is 12.1 Å². The van der Waals surface area contributed by atoms with Gasteiger partial charge in [0, 0.05) is 17.7 Å². The number of para-hydroxylation sites is 2. The van der Waals surface area contributed by atoms with Gasteiger partial charge in [-0.3, -0.25) is 15.5 Å². The maximum Gasteiger partial charge on any atom is 0.270 e. The van der Waals surface area contributed by atoms with Gasteiger partial charge >= 0.3 is 0 Å². The standard InChI is InChI=1S/C16H13N7O3/c17-15(21-19-9-10-4-3-5-11(8-10)23(25)26)14-16(18)22(24)13-7-2-1-6-12(13)20-14/h1-9,18,24H,(H2,17,21)/b18-16?,19-9-. The van der Waals surface area contributed by atoms with Gasteiger partial charge < -0.3 is 10.9 Å². The maximum atomic E-state index is 10.8. The van der Waals surface area contributed by atoms with Crippen LogP contribution in [0.15, 0.2) is 58.7 Å². The van der Waals surface area contributed by atoms with Crippen LogP contribution in [0, 0.1) is 15.5 Å². The smallest absolute Gasteiger partial charge is 0.270 e. The van der Waals surface area contributed by atoms with E-state index in [2.05, 4.69) is 15.2 Å². The second kappa shape index (κ2) is 6.81. The molecule has 1 heterocycles. The van der Waals surface area contributed by atoms with Crippen molar-refractivity contribution in [3.63, 3.8) is 0 Å². The van der Waals surface area contributed by atoms with E-state index in [1.165, 1.54) is 24.4 Å². The summed E-state index contributed by atoms with van der Waals surface area (Å²) in [5, 5.41) is 36.3. The first-order chi connectivity index (χ1) is 12.5. The van der Waals surface area contributed by atoms with E-state index >= 15 is 0 Å². The molecule has 0 saturated heterocycles. The molecule has 0 aliphatic heterocycles. The first-order valence-corrected chi connectivity index (χ1v) is 7.34. The summed E-state index contributed by atoms with van der Waals surface area (Å²) < 4.78 is 0.657. The minimum atomic E-state index is -0.514. The topological polar surface area (TPSA) is 156 Å². The number of benzene rings is 2. The predicted octanol–water partition coefficient (Wildman–Crippen LogP) is 1.40. The Morgan fingerprint density at radius 1 is 1.31 bits per heavy atom. The lowest BCUT2D eigenvalue weighted by Crippen LogP contribution is -2.31. The van der Waals surface area contributed by atoms with Crippen LogP contribution < -0.4 is 11.2 Å². The first-order valence-electron chi connectivity index (χ1n) is 7.34. The number of hydrogen-bond acceptors (Lipinski definition) is 7. The number of hydrogen-bond donors (Lipinski definition) is 3. The van der Waals surface area contributed by atoms with E-state index in [1.807, 2.05) is 0 Å². The Balaban J connectivity index is 1.94. The van der Waals surface area contributed by atoms with Crippen molar-refractivity contribution in [1.29, 1.82) is 5.41 Å². The number of nitrogens with two attached hydrogens (primary N) is 1. The Labute approximate surface area is 146 Å². The van der Waals surface area contributed by atoms with E-state index in [0.29, 0.717) is 21.3 Å². The number of amidine groups is 1. The molecule has 0 saturated carbocycles. The normalized spacial score (nSPS) is 11.9. The number of nitro benzene ring substituents is 1. The number of rotatable bonds is 4. The molecule has 3 aromatic rings. The molecule has 0 amide bonds. The summed E-state index contributed by atoms with van der Waals surface area (Å²) in [5.41, 5.74) is 6.62. The molecular formula is C16H13N7O3. The van der Waals surface area contributed by atoms with Gasteiger partial charge in [0.2, 0.25) is 0 Å². The Bertz CT molecular complexity index is 1120. The van der Waals surface area contributed by atoms with Crippen molar-refractivity contribution >= 4 is 28.8 Å². The van der Waals surface area contributed by atoms with Gasteiger partial charge in [0.1, 0.15) is 5.52 Å². The van der Waals surface area contributed by atoms with E-state index in [4.69, 9.17) is 11.1 Å². The van der Waals surface area contributed by atoms with Crippen LogP contribution in [-0.2, 0) is 0 Å². The van der Waals surface area contributed by atoms with Crippen LogP contribution in [0.4, 0.5) is 5.69 Å². The Hall–Kier alpha value is -4.08. The zero-order valence-corrected chi connectivity index (χ0v) is 13.3. The molecule has 2 aromatic carbocycles. The lowest BCUT2D eigenvalue weighted by molar-refractivity contribution is -0.384. The van der Waals surface area contributed by atoms with Crippen molar-refractivity contribution in [2.45, 2.75) is 0 Å². The highest BCUT2D eigenvalue weighted by molar-refractivity contribution is 5.97. The molecule has 3 rings (SSSR count). The molecule has 4 N–H and O–H groups in total. The number of fused-ring (bicyclic) bond motifs is 1. The molecule has 10 heteroatoms. The van der Waals surface area contributed by atoms with Crippen LogP contribution in [0.25, 0.3) is 11.0 Å². The van der Waals surface area contributed by atoms with E-state index < -0.39 is 4.92 Å². The van der Waals surface area contributed by atoms with Crippen molar-refractivity contribution in [2.75, 3.05) is 0 Å². The van der Waals surface area contributed by atoms with E-state index in [0.717, 1.165) is 0 Å². The van der Waals surface area contributed by atoms with E-state index in [9.17, 15) is 15.3 Å². The molecule has 0 fully saturated rings. The van der Waals surface area contributed by atoms with Gasteiger partial charge in [-0.15, -0.1) is 5.10 Å². The van der Waals surface area contributed by atoms with Gasteiger partial charge in [-0.25, -0.2) is 4.98 Å². The van der Waals surface area contributed by atoms with Gasteiger partial charge in [-0.1, -0.05) is 24.3 Å². The third-order valence-corrected chi connectivity index (χ3v) is 3.47. The fourth-order valence-corrected chi connectivity index (χ4v) is 2.23. The Morgan fingerprint density at radius 3 is 2.85 bits per heavy atom. The number of nitrogens with zero attached hydrogens (tertiary/aromatic N) is 5. The number of aromatic nitrogens is 2. The molecule has 26 heavy (non-hydrogen) atoms. The molecule has 130 valence electrons. The molecule has 0 radical (unpaired) electrons. The van der Waals surface area contributed by atoms with Gasteiger partial charge in [-0.2, -0.15) is 9.83 Å². The van der Waals surface area contributed by atoms with Crippen molar-refractivity contribution in [3.05, 3.63) is 75.4 Å². The minimum Gasteiger partial charge on any atom is -0.426 e. The van der Waals surface area contributed by atoms with Crippen molar-refractivity contribution in [1.82, 2.24) is 9.71 Å². The zero-order chi connectivity index (χ0) is 18.7. The number of non-ortho nitro benzene ring substituents is 1. The summed E-state index contributed by atoms with van der Waals surface area (Å²) in [6.07, 6.45) is 1.29. The summed E-state index contributed by atoms with van der Waals surface area (Å²) in [7, 11) is 0. The average molecular weight is 351 g/mol. The van der Waals surface area contributed by atoms with Crippen molar-refractivity contribution in [2.24, 2.45) is 15.9 Å².